The lowest BCUT2D eigenvalue weighted by Crippen LogP contribution is -2.35. The van der Waals surface area contributed by atoms with Gasteiger partial charge in [-0.15, -0.1) is 0 Å². The van der Waals surface area contributed by atoms with Gasteiger partial charge in [-0.25, -0.2) is 9.18 Å². The highest BCUT2D eigenvalue weighted by molar-refractivity contribution is 6.03. The lowest BCUT2D eigenvalue weighted by Gasteiger charge is -2.20. The Labute approximate surface area is 146 Å². The van der Waals surface area contributed by atoms with Crippen molar-refractivity contribution < 1.29 is 14.0 Å². The van der Waals surface area contributed by atoms with E-state index < -0.39 is 0 Å². The van der Waals surface area contributed by atoms with Crippen molar-refractivity contribution in [2.75, 3.05) is 12.4 Å². The summed E-state index contributed by atoms with van der Waals surface area (Å²) in [5.74, 6) is -0.548. The summed E-state index contributed by atoms with van der Waals surface area (Å²) >= 11 is 0. The summed E-state index contributed by atoms with van der Waals surface area (Å²) in [6.45, 7) is 4.05. The molecule has 0 aliphatic carbocycles. The van der Waals surface area contributed by atoms with Crippen LogP contribution in [0.2, 0.25) is 0 Å². The van der Waals surface area contributed by atoms with Crippen LogP contribution >= 0.6 is 0 Å². The third-order valence-electron chi connectivity index (χ3n) is 3.51. The number of hydrogen-bond donors (Lipinski definition) is 2. The minimum Gasteiger partial charge on any atom is -0.337 e. The van der Waals surface area contributed by atoms with Gasteiger partial charge in [0.2, 0.25) is 0 Å². The molecule has 3 amide bonds. The number of nitrogens with zero attached hydrogens (tertiary/aromatic N) is 1. The smallest absolute Gasteiger partial charge is 0.319 e. The monoisotopic (exact) mass is 343 g/mol. The average molecular weight is 343 g/mol. The molecule has 0 fully saturated rings. The lowest BCUT2D eigenvalue weighted by molar-refractivity contribution is 0.0786. The molecular weight excluding hydrogens is 321 g/mol. The lowest BCUT2D eigenvalue weighted by atomic mass is 10.1. The van der Waals surface area contributed by atoms with Crippen molar-refractivity contribution in [2.24, 2.45) is 0 Å². The molecule has 0 aromatic heterocycles. The van der Waals surface area contributed by atoms with E-state index in [9.17, 15) is 14.0 Å². The summed E-state index contributed by atoms with van der Waals surface area (Å²) in [6.07, 6.45) is 0. The predicted molar refractivity (Wildman–Crippen MR) is 95.9 cm³/mol. The molecule has 0 radical (unpaired) electrons. The number of carbonyl (C=O) groups is 2. The predicted octanol–water partition coefficient (Wildman–Crippen LogP) is 3.63. The van der Waals surface area contributed by atoms with Gasteiger partial charge < -0.3 is 15.5 Å². The van der Waals surface area contributed by atoms with Crippen molar-refractivity contribution in [1.29, 1.82) is 0 Å². The number of halogens is 1. The van der Waals surface area contributed by atoms with E-state index in [2.05, 4.69) is 10.6 Å². The van der Waals surface area contributed by atoms with Crippen LogP contribution in [0, 0.1) is 5.82 Å². The zero-order chi connectivity index (χ0) is 18.4. The highest BCUT2D eigenvalue weighted by Gasteiger charge is 2.17. The quantitative estimate of drug-likeness (QED) is 0.871. The Balaban J connectivity index is 2.12. The van der Waals surface area contributed by atoms with Crippen LogP contribution in [-0.4, -0.2) is 29.9 Å². The minimum atomic E-state index is -0.364. The molecule has 2 N–H and O–H groups in total. The molecule has 0 spiro atoms. The Bertz CT molecular complexity index is 745. The highest BCUT2D eigenvalue weighted by Crippen LogP contribution is 2.18. The third kappa shape index (κ3) is 5.31. The zero-order valence-corrected chi connectivity index (χ0v) is 14.5. The van der Waals surface area contributed by atoms with E-state index in [1.54, 1.807) is 43.4 Å². The molecule has 0 heterocycles. The van der Waals surface area contributed by atoms with Gasteiger partial charge in [0.05, 0.1) is 11.3 Å². The van der Waals surface area contributed by atoms with E-state index in [0.29, 0.717) is 17.8 Å². The summed E-state index contributed by atoms with van der Waals surface area (Å²) in [6, 6.07) is 12.5. The van der Waals surface area contributed by atoms with Gasteiger partial charge in [0.1, 0.15) is 5.82 Å². The summed E-state index contributed by atoms with van der Waals surface area (Å²) in [7, 11) is 1.66. The summed E-state index contributed by atoms with van der Waals surface area (Å²) < 4.78 is 13.0. The molecule has 0 aliphatic rings. The Morgan fingerprint density at radius 2 is 1.72 bits per heavy atom. The van der Waals surface area contributed by atoms with Gasteiger partial charge in [-0.05, 0) is 43.7 Å². The first-order valence-electron chi connectivity index (χ1n) is 8.03. The minimum absolute atomic E-state index is 0.0102. The molecule has 2 rings (SSSR count). The number of anilines is 1. The summed E-state index contributed by atoms with van der Waals surface area (Å²) in [5.41, 5.74) is 1.66. The maximum Gasteiger partial charge on any atom is 0.319 e. The molecule has 132 valence electrons. The Morgan fingerprint density at radius 3 is 2.36 bits per heavy atom. The van der Waals surface area contributed by atoms with E-state index in [4.69, 9.17) is 0 Å². The van der Waals surface area contributed by atoms with Crippen molar-refractivity contribution in [3.63, 3.8) is 0 Å². The number of benzene rings is 2. The van der Waals surface area contributed by atoms with Crippen molar-refractivity contribution >= 4 is 17.6 Å². The van der Waals surface area contributed by atoms with E-state index in [-0.39, 0.29) is 23.8 Å². The number of urea groups is 1. The second-order valence-electron chi connectivity index (χ2n) is 6.09. The van der Waals surface area contributed by atoms with Gasteiger partial charge in [-0.1, -0.05) is 24.3 Å². The van der Waals surface area contributed by atoms with Gasteiger partial charge in [0.25, 0.3) is 5.91 Å². The molecule has 0 unspecified atom stereocenters. The van der Waals surface area contributed by atoms with Crippen molar-refractivity contribution in [1.82, 2.24) is 10.2 Å². The van der Waals surface area contributed by atoms with Crippen LogP contribution in [0.5, 0.6) is 0 Å². The number of rotatable bonds is 5. The molecule has 0 bridgehead atoms. The van der Waals surface area contributed by atoms with Crippen molar-refractivity contribution in [2.45, 2.75) is 26.4 Å². The third-order valence-corrected chi connectivity index (χ3v) is 3.51. The van der Waals surface area contributed by atoms with Gasteiger partial charge in [-0.3, -0.25) is 4.79 Å². The SMILES string of the molecule is CC(C)NC(=O)Nc1ccccc1C(=O)N(C)Cc1ccc(F)cc1. The van der Waals surface area contributed by atoms with Crippen LogP contribution in [0.4, 0.5) is 14.9 Å². The fraction of sp³-hybridized carbons (Fsp3) is 0.263. The first kappa shape index (κ1) is 18.4. The first-order valence-corrected chi connectivity index (χ1v) is 8.03. The van der Waals surface area contributed by atoms with Crippen LogP contribution in [0.25, 0.3) is 0 Å². The standard InChI is InChI=1S/C19H22FN3O2/c1-13(2)21-19(25)22-17-7-5-4-6-16(17)18(24)23(3)12-14-8-10-15(20)11-9-14/h4-11,13H,12H2,1-3H3,(H2,21,22,25). The fourth-order valence-electron chi connectivity index (χ4n) is 2.34. The van der Waals surface area contributed by atoms with Crippen molar-refractivity contribution in [3.05, 3.63) is 65.5 Å². The molecule has 25 heavy (non-hydrogen) atoms. The second-order valence-corrected chi connectivity index (χ2v) is 6.09. The molecule has 0 atom stereocenters. The Kier molecular flexibility index (Phi) is 6.11. The number of para-hydroxylation sites is 1. The fourth-order valence-corrected chi connectivity index (χ4v) is 2.34. The maximum absolute atomic E-state index is 13.0. The van der Waals surface area contributed by atoms with Crippen LogP contribution in [0.3, 0.4) is 0 Å². The molecule has 2 aromatic rings. The van der Waals surface area contributed by atoms with Crippen LogP contribution in [0.15, 0.2) is 48.5 Å². The molecule has 0 aliphatic heterocycles. The van der Waals surface area contributed by atoms with Crippen LogP contribution < -0.4 is 10.6 Å². The van der Waals surface area contributed by atoms with Crippen LogP contribution in [-0.2, 0) is 6.54 Å². The summed E-state index contributed by atoms with van der Waals surface area (Å²) in [4.78, 5) is 26.2. The number of amides is 3. The Hall–Kier alpha value is -2.89. The topological polar surface area (TPSA) is 61.4 Å². The van der Waals surface area contributed by atoms with Crippen molar-refractivity contribution in [3.8, 4) is 0 Å². The zero-order valence-electron chi connectivity index (χ0n) is 14.5. The summed E-state index contributed by atoms with van der Waals surface area (Å²) in [5, 5.41) is 5.42. The van der Waals surface area contributed by atoms with Gasteiger partial charge >= 0.3 is 6.03 Å². The van der Waals surface area contributed by atoms with E-state index >= 15 is 0 Å². The first-order chi connectivity index (χ1) is 11.9. The highest BCUT2D eigenvalue weighted by atomic mass is 19.1. The van der Waals surface area contributed by atoms with Gasteiger partial charge in [-0.2, -0.15) is 0 Å². The molecule has 0 saturated heterocycles. The van der Waals surface area contributed by atoms with Gasteiger partial charge in [0.15, 0.2) is 0 Å². The van der Waals surface area contributed by atoms with E-state index in [1.165, 1.54) is 17.0 Å². The maximum atomic E-state index is 13.0. The molecule has 0 saturated carbocycles. The molecule has 5 nitrogen and oxygen atoms in total. The molecule has 2 aromatic carbocycles. The van der Waals surface area contributed by atoms with E-state index in [0.717, 1.165) is 5.56 Å². The normalized spacial score (nSPS) is 10.4. The number of hydrogen-bond acceptors (Lipinski definition) is 2. The number of carbonyl (C=O) groups excluding carboxylic acids is 2. The second kappa shape index (κ2) is 8.28. The van der Waals surface area contributed by atoms with E-state index in [1.807, 2.05) is 13.8 Å². The molecule has 6 heteroatoms. The van der Waals surface area contributed by atoms with Crippen LogP contribution in [0.1, 0.15) is 29.8 Å². The van der Waals surface area contributed by atoms with Gasteiger partial charge in [0, 0.05) is 19.6 Å². The largest absolute Gasteiger partial charge is 0.337 e. The number of nitrogens with one attached hydrogen (secondary N) is 2. The average Bonchev–Trinajstić information content (AvgIpc) is 2.56. The molecular formula is C19H22FN3O2. The Morgan fingerprint density at radius 1 is 1.08 bits per heavy atom.